The number of hydrogen-bond donors (Lipinski definition) is 1. The first-order valence-electron chi connectivity index (χ1n) is 9.46. The van der Waals surface area contributed by atoms with Crippen LogP contribution in [0.5, 0.6) is 0 Å². The van der Waals surface area contributed by atoms with Crippen molar-refractivity contribution in [2.45, 2.75) is 63.5 Å². The molecule has 152 valence electrons. The van der Waals surface area contributed by atoms with Gasteiger partial charge in [-0.25, -0.2) is 8.42 Å². The van der Waals surface area contributed by atoms with Crippen LogP contribution in [0.2, 0.25) is 0 Å². The molecule has 0 aliphatic rings. The predicted octanol–water partition coefficient (Wildman–Crippen LogP) is 4.64. The molecule has 0 aromatic heterocycles. The van der Waals surface area contributed by atoms with Gasteiger partial charge in [0.2, 0.25) is 6.41 Å². The van der Waals surface area contributed by atoms with Crippen molar-refractivity contribution in [1.29, 1.82) is 0 Å². The third kappa shape index (κ3) is 5.44. The van der Waals surface area contributed by atoms with Gasteiger partial charge < -0.3 is 5.32 Å². The van der Waals surface area contributed by atoms with Crippen LogP contribution >= 0.6 is 0 Å². The van der Waals surface area contributed by atoms with Gasteiger partial charge in [-0.1, -0.05) is 90.1 Å². The Labute approximate surface area is 169 Å². The van der Waals surface area contributed by atoms with Crippen molar-refractivity contribution in [3.63, 3.8) is 0 Å². The van der Waals surface area contributed by atoms with Crippen molar-refractivity contribution in [3.8, 4) is 0 Å². The van der Waals surface area contributed by atoms with Gasteiger partial charge in [0.15, 0.2) is 15.2 Å². The first-order chi connectivity index (χ1) is 12.8. The van der Waals surface area contributed by atoms with Crippen molar-refractivity contribution in [1.82, 2.24) is 5.32 Å². The van der Waals surface area contributed by atoms with E-state index in [1.54, 1.807) is 12.1 Å². The van der Waals surface area contributed by atoms with E-state index in [4.69, 9.17) is 0 Å². The molecule has 1 N–H and O–H groups in total. The fourth-order valence-electron chi connectivity index (χ4n) is 3.03. The number of carbonyl (C=O) groups excluding carboxylic acids is 1. The molecule has 4 nitrogen and oxygen atoms in total. The maximum absolute atomic E-state index is 13.2. The predicted molar refractivity (Wildman–Crippen MR) is 115 cm³/mol. The minimum atomic E-state index is -3.66. The van der Waals surface area contributed by atoms with Crippen LogP contribution in [0.1, 0.15) is 69.2 Å². The lowest BCUT2D eigenvalue weighted by Crippen LogP contribution is -2.30. The molecule has 2 aromatic carbocycles. The average molecular weight is 402 g/mol. The van der Waals surface area contributed by atoms with E-state index in [1.807, 2.05) is 30.3 Å². The van der Waals surface area contributed by atoms with E-state index >= 15 is 0 Å². The quantitative estimate of drug-likeness (QED) is 0.717. The van der Waals surface area contributed by atoms with E-state index in [0.29, 0.717) is 17.5 Å². The SMILES string of the molecule is CC(C)(C)c1cc(C(NC=O)S(=O)(=O)Cc2ccccc2)cc(C(C)(C)C)c1. The van der Waals surface area contributed by atoms with Gasteiger partial charge in [0.05, 0.1) is 5.75 Å². The highest BCUT2D eigenvalue weighted by atomic mass is 32.2. The van der Waals surface area contributed by atoms with Crippen molar-refractivity contribution >= 4 is 16.2 Å². The second-order valence-electron chi connectivity index (χ2n) is 9.30. The van der Waals surface area contributed by atoms with E-state index in [0.717, 1.165) is 11.1 Å². The van der Waals surface area contributed by atoms with Crippen LogP contribution in [-0.2, 0) is 31.2 Å². The van der Waals surface area contributed by atoms with E-state index in [-0.39, 0.29) is 16.6 Å². The zero-order chi connectivity index (χ0) is 21.2. The van der Waals surface area contributed by atoms with E-state index < -0.39 is 15.2 Å². The Hall–Kier alpha value is -2.14. The minimum Gasteiger partial charge on any atom is -0.339 e. The molecule has 0 fully saturated rings. The van der Waals surface area contributed by atoms with Crippen LogP contribution in [0.3, 0.4) is 0 Å². The molecule has 0 aliphatic heterocycles. The molecule has 2 aromatic rings. The van der Waals surface area contributed by atoms with Gasteiger partial charge in [-0.2, -0.15) is 0 Å². The summed E-state index contributed by atoms with van der Waals surface area (Å²) in [5.41, 5.74) is 3.09. The van der Waals surface area contributed by atoms with Crippen LogP contribution in [0, 0.1) is 0 Å². The summed E-state index contributed by atoms with van der Waals surface area (Å²) < 4.78 is 26.4. The van der Waals surface area contributed by atoms with E-state index in [1.165, 1.54) is 0 Å². The molecule has 2 rings (SSSR count). The van der Waals surface area contributed by atoms with Crippen molar-refractivity contribution in [2.75, 3.05) is 0 Å². The van der Waals surface area contributed by atoms with Crippen LogP contribution in [0.25, 0.3) is 0 Å². The molecular formula is C23H31NO3S. The lowest BCUT2D eigenvalue weighted by atomic mass is 9.79. The molecule has 0 spiro atoms. The maximum Gasteiger partial charge on any atom is 0.208 e. The summed E-state index contributed by atoms with van der Waals surface area (Å²) in [4.78, 5) is 11.3. The van der Waals surface area contributed by atoms with Gasteiger partial charge in [0.1, 0.15) is 0 Å². The van der Waals surface area contributed by atoms with Crippen molar-refractivity contribution in [3.05, 3.63) is 70.8 Å². The molecule has 1 atom stereocenters. The van der Waals surface area contributed by atoms with E-state index in [9.17, 15) is 13.2 Å². The van der Waals surface area contributed by atoms with Gasteiger partial charge >= 0.3 is 0 Å². The molecular weight excluding hydrogens is 370 g/mol. The Balaban J connectivity index is 2.60. The molecule has 28 heavy (non-hydrogen) atoms. The highest BCUT2D eigenvalue weighted by molar-refractivity contribution is 7.90. The third-order valence-electron chi connectivity index (χ3n) is 4.78. The topological polar surface area (TPSA) is 63.2 Å². The van der Waals surface area contributed by atoms with Crippen molar-refractivity contribution < 1.29 is 13.2 Å². The minimum absolute atomic E-state index is 0.135. The summed E-state index contributed by atoms with van der Waals surface area (Å²) in [5, 5.41) is 1.46. The standard InChI is InChI=1S/C23H31NO3S/c1-22(2,3)19-12-18(13-20(14-19)23(4,5)6)21(24-16-25)28(26,27)15-17-10-8-7-9-11-17/h7-14,16,21H,15H2,1-6H3,(H,24,25). The largest absolute Gasteiger partial charge is 0.339 e. The average Bonchev–Trinajstić information content (AvgIpc) is 2.58. The van der Waals surface area contributed by atoms with Gasteiger partial charge in [0.25, 0.3) is 0 Å². The van der Waals surface area contributed by atoms with Gasteiger partial charge in [-0.15, -0.1) is 0 Å². The lowest BCUT2D eigenvalue weighted by molar-refractivity contribution is -0.109. The number of hydrogen-bond acceptors (Lipinski definition) is 3. The second kappa shape index (κ2) is 8.08. The molecule has 0 saturated carbocycles. The summed E-state index contributed by atoms with van der Waals surface area (Å²) in [6.07, 6.45) is 0.466. The third-order valence-corrected chi connectivity index (χ3v) is 6.64. The Kier molecular flexibility index (Phi) is 6.39. The highest BCUT2D eigenvalue weighted by Gasteiger charge is 2.30. The molecule has 0 aliphatic carbocycles. The molecule has 0 heterocycles. The van der Waals surface area contributed by atoms with Crippen LogP contribution in [0.4, 0.5) is 0 Å². The Bertz CT molecular complexity index is 888. The Morgan fingerprint density at radius 2 is 1.39 bits per heavy atom. The van der Waals surface area contributed by atoms with E-state index in [2.05, 4.69) is 52.9 Å². The number of benzene rings is 2. The summed E-state index contributed by atoms with van der Waals surface area (Å²) in [5.74, 6) is -0.135. The van der Waals surface area contributed by atoms with Crippen LogP contribution < -0.4 is 5.32 Å². The maximum atomic E-state index is 13.2. The number of rotatable bonds is 6. The fraction of sp³-hybridized carbons (Fsp3) is 0.435. The van der Waals surface area contributed by atoms with Gasteiger partial charge in [-0.05, 0) is 33.1 Å². The van der Waals surface area contributed by atoms with Crippen LogP contribution in [0.15, 0.2) is 48.5 Å². The number of carbonyl (C=O) groups is 1. The van der Waals surface area contributed by atoms with Gasteiger partial charge in [-0.3, -0.25) is 4.79 Å². The second-order valence-corrected chi connectivity index (χ2v) is 11.4. The zero-order valence-electron chi connectivity index (χ0n) is 17.6. The van der Waals surface area contributed by atoms with Crippen molar-refractivity contribution in [2.24, 2.45) is 0 Å². The molecule has 0 bridgehead atoms. The lowest BCUT2D eigenvalue weighted by Gasteiger charge is -2.28. The Morgan fingerprint density at radius 3 is 1.82 bits per heavy atom. The van der Waals surface area contributed by atoms with Crippen LogP contribution in [-0.4, -0.2) is 14.8 Å². The first-order valence-corrected chi connectivity index (χ1v) is 11.2. The monoisotopic (exact) mass is 401 g/mol. The highest BCUT2D eigenvalue weighted by Crippen LogP contribution is 2.34. The number of sulfone groups is 1. The number of amides is 1. The summed E-state index contributed by atoms with van der Waals surface area (Å²) in [7, 11) is -3.66. The first kappa shape index (κ1) is 22.2. The summed E-state index contributed by atoms with van der Waals surface area (Å²) in [6.45, 7) is 12.6. The zero-order valence-corrected chi connectivity index (χ0v) is 18.4. The fourth-order valence-corrected chi connectivity index (χ4v) is 4.67. The molecule has 5 heteroatoms. The Morgan fingerprint density at radius 1 is 0.893 bits per heavy atom. The summed E-state index contributed by atoms with van der Waals surface area (Å²) in [6, 6.07) is 15.0. The molecule has 0 radical (unpaired) electrons. The summed E-state index contributed by atoms with van der Waals surface area (Å²) >= 11 is 0. The molecule has 1 unspecified atom stereocenters. The molecule has 1 amide bonds. The number of nitrogens with one attached hydrogen (secondary N) is 1. The van der Waals surface area contributed by atoms with Gasteiger partial charge in [0, 0.05) is 0 Å². The smallest absolute Gasteiger partial charge is 0.208 e. The normalized spacial score (nSPS) is 13.8. The molecule has 0 saturated heterocycles.